The highest BCUT2D eigenvalue weighted by atomic mass is 16.8. The Balaban J connectivity index is 1.07. The molecule has 16 unspecified atom stereocenters. The molecule has 4 aliphatic carbocycles. The summed E-state index contributed by atoms with van der Waals surface area (Å²) in [6.07, 6.45) is -7.23. The van der Waals surface area contributed by atoms with Crippen LogP contribution < -0.4 is 0 Å². The van der Waals surface area contributed by atoms with Crippen LogP contribution in [0.15, 0.2) is 22.8 Å². The molecule has 0 aromatic heterocycles. The molecule has 5 fully saturated rings. The lowest BCUT2D eigenvalue weighted by atomic mass is 9.43. The molecule has 3 heterocycles. The summed E-state index contributed by atoms with van der Waals surface area (Å²) in [4.78, 5) is 13.8. The van der Waals surface area contributed by atoms with Crippen LogP contribution in [-0.2, 0) is 38.0 Å². The molecule has 8 N–H and O–H groups in total. The lowest BCUT2D eigenvalue weighted by Gasteiger charge is -2.62. The quantitative estimate of drug-likeness (QED) is 0.109. The fraction of sp³-hybridized carbons (Fsp3) is 0.898. The average Bonchev–Trinajstić information content (AvgIpc) is 3.59. The van der Waals surface area contributed by atoms with E-state index in [-0.39, 0.29) is 48.1 Å². The minimum atomic E-state index is -1.78. The van der Waals surface area contributed by atoms with Gasteiger partial charge in [-0.1, -0.05) is 64.3 Å². The van der Waals surface area contributed by atoms with E-state index in [9.17, 15) is 45.6 Å². The van der Waals surface area contributed by atoms with E-state index in [1.54, 1.807) is 0 Å². The number of allylic oxidation sites excluding steroid dienone is 3. The maximum atomic E-state index is 13.8. The normalized spacial score (nSPS) is 46.8. The maximum absolute atomic E-state index is 13.8. The number of ether oxygens (including phenoxy) is 7. The van der Waals surface area contributed by atoms with E-state index in [0.717, 1.165) is 51.4 Å². The van der Waals surface area contributed by atoms with Gasteiger partial charge in [0, 0.05) is 6.61 Å². The molecule has 0 aromatic rings. The summed E-state index contributed by atoms with van der Waals surface area (Å²) in [5, 5.41) is 85.8. The van der Waals surface area contributed by atoms with E-state index in [1.165, 1.54) is 16.7 Å². The molecule has 0 radical (unpaired) electrons. The number of carboxylic acids is 1. The predicted octanol–water partition coefficient (Wildman–Crippen LogP) is 3.73. The first kappa shape index (κ1) is 51.2. The van der Waals surface area contributed by atoms with Gasteiger partial charge < -0.3 is 74.0 Å². The van der Waals surface area contributed by atoms with Gasteiger partial charge in [0.2, 0.25) is 0 Å². The molecule has 372 valence electrons. The second-order valence-electron chi connectivity index (χ2n) is 21.8. The second kappa shape index (κ2) is 20.0. The zero-order valence-electron chi connectivity index (χ0n) is 39.8. The summed E-state index contributed by atoms with van der Waals surface area (Å²) in [7, 11) is 0. The highest BCUT2D eigenvalue weighted by Gasteiger charge is 2.68. The number of aliphatic hydroxyl groups excluding tert-OH is 7. The van der Waals surface area contributed by atoms with E-state index in [2.05, 4.69) is 54.5 Å². The Kier molecular flexibility index (Phi) is 15.8. The van der Waals surface area contributed by atoms with Crippen LogP contribution in [0.4, 0.5) is 0 Å². The van der Waals surface area contributed by atoms with Crippen LogP contribution in [0.1, 0.15) is 126 Å². The van der Waals surface area contributed by atoms with Gasteiger partial charge in [0.1, 0.15) is 61.0 Å². The molecule has 7 aliphatic rings. The Hall–Kier alpha value is -1.61. The third-order valence-electron chi connectivity index (χ3n) is 17.5. The Bertz CT molecular complexity index is 1720. The first-order valence-electron chi connectivity index (χ1n) is 24.4. The summed E-state index contributed by atoms with van der Waals surface area (Å²) in [5.74, 6) is 0.312. The lowest BCUT2D eigenvalue weighted by Crippen LogP contribution is -2.64. The number of fused-ring (bicyclic) bond motifs is 4. The van der Waals surface area contributed by atoms with Crippen LogP contribution in [0, 0.1) is 39.4 Å². The molecule has 3 aliphatic heterocycles. The van der Waals surface area contributed by atoms with E-state index >= 15 is 0 Å². The summed E-state index contributed by atoms with van der Waals surface area (Å²) in [6.45, 7) is 16.7. The molecule has 3 saturated heterocycles. The van der Waals surface area contributed by atoms with Crippen LogP contribution >= 0.6 is 0 Å². The third kappa shape index (κ3) is 9.07. The molecule has 65 heavy (non-hydrogen) atoms. The van der Waals surface area contributed by atoms with Crippen molar-refractivity contribution in [2.45, 2.75) is 212 Å². The van der Waals surface area contributed by atoms with Gasteiger partial charge in [-0.15, -0.1) is 0 Å². The van der Waals surface area contributed by atoms with Crippen LogP contribution in [-0.4, -0.2) is 159 Å². The van der Waals surface area contributed by atoms with Gasteiger partial charge in [-0.3, -0.25) is 4.79 Å². The standard InChI is InChI=1S/C49H80O16/c1-9-21-59-41-40(65-42-38(56)39(30(51)23-60-42)64-43-37(55)36(54)35(53)32(22-50)62-43)31(52)24-61-44(41)63-34-17-18-47(7)28-15-19-48(8)27(26(4)12-10-11-25(2)3)16-20-49(48,45(57)58)29(28)13-14-33(47)46(34,5)6/h11,26-27,30-44,50-56H,9-10,12-24H2,1-8H3,(H,57,58)/t26-,27+,30?,31?,32?,33?,34?,35?,36?,37?,38?,39?,40?,41?,42?,43?,44?,47+,48+,49?/m0/s1. The molecular formula is C49H80O16. The summed E-state index contributed by atoms with van der Waals surface area (Å²) in [5.41, 5.74) is 2.11. The Morgan fingerprint density at radius 1 is 0.785 bits per heavy atom. The zero-order valence-corrected chi connectivity index (χ0v) is 39.8. The SMILES string of the molecule is CCCOC1C(OC2CC[C@]3(C)C4=C(CCC3C2(C)C)C2(C(=O)O)CC[C@H]([C@@H](C)CCC=C(C)C)[C@@]2(C)CC4)OCC(O)C1OC1OCC(O)C(OC2OC(CO)C(O)C(O)C2O)C1O. The van der Waals surface area contributed by atoms with Gasteiger partial charge in [0.25, 0.3) is 0 Å². The molecule has 0 aromatic carbocycles. The van der Waals surface area contributed by atoms with Crippen LogP contribution in [0.3, 0.4) is 0 Å². The van der Waals surface area contributed by atoms with E-state index < -0.39 is 97.9 Å². The molecule has 0 bridgehead atoms. The number of carbonyl (C=O) groups is 1. The Labute approximate surface area is 384 Å². The van der Waals surface area contributed by atoms with Gasteiger partial charge in [0.05, 0.1) is 31.3 Å². The lowest BCUT2D eigenvalue weighted by molar-refractivity contribution is -0.369. The van der Waals surface area contributed by atoms with Crippen molar-refractivity contribution in [1.29, 1.82) is 0 Å². The van der Waals surface area contributed by atoms with Gasteiger partial charge in [-0.25, -0.2) is 0 Å². The van der Waals surface area contributed by atoms with Crippen molar-refractivity contribution < 1.29 is 78.8 Å². The summed E-state index contributed by atoms with van der Waals surface area (Å²) < 4.78 is 42.8. The number of aliphatic carboxylic acids is 1. The van der Waals surface area contributed by atoms with Crippen molar-refractivity contribution in [3.63, 3.8) is 0 Å². The number of rotatable bonds is 15. The monoisotopic (exact) mass is 925 g/mol. The van der Waals surface area contributed by atoms with Gasteiger partial charge >= 0.3 is 5.97 Å². The molecule has 2 saturated carbocycles. The van der Waals surface area contributed by atoms with Crippen molar-refractivity contribution in [2.75, 3.05) is 26.4 Å². The minimum Gasteiger partial charge on any atom is -0.481 e. The number of hydrogen-bond acceptors (Lipinski definition) is 15. The fourth-order valence-corrected chi connectivity index (χ4v) is 14.0. The van der Waals surface area contributed by atoms with Crippen LogP contribution in [0.25, 0.3) is 0 Å². The van der Waals surface area contributed by atoms with Crippen molar-refractivity contribution in [3.05, 3.63) is 22.8 Å². The highest BCUT2D eigenvalue weighted by molar-refractivity contribution is 5.82. The molecule has 0 amide bonds. The molecule has 20 atom stereocenters. The molecule has 16 nitrogen and oxygen atoms in total. The smallest absolute Gasteiger partial charge is 0.314 e. The molecule has 16 heteroatoms. The third-order valence-corrected chi connectivity index (χ3v) is 17.5. The largest absolute Gasteiger partial charge is 0.481 e. The predicted molar refractivity (Wildman–Crippen MR) is 235 cm³/mol. The summed E-state index contributed by atoms with van der Waals surface area (Å²) in [6, 6.07) is 0. The van der Waals surface area contributed by atoms with E-state index in [0.29, 0.717) is 31.1 Å². The van der Waals surface area contributed by atoms with Gasteiger partial charge in [0.15, 0.2) is 18.9 Å². The second-order valence-corrected chi connectivity index (χ2v) is 21.8. The first-order chi connectivity index (χ1) is 30.7. The highest BCUT2D eigenvalue weighted by Crippen LogP contribution is 2.73. The minimum absolute atomic E-state index is 0.174. The average molecular weight is 925 g/mol. The van der Waals surface area contributed by atoms with Crippen molar-refractivity contribution in [3.8, 4) is 0 Å². The van der Waals surface area contributed by atoms with Crippen molar-refractivity contribution >= 4 is 5.97 Å². The summed E-state index contributed by atoms with van der Waals surface area (Å²) >= 11 is 0. The molecular weight excluding hydrogens is 845 g/mol. The van der Waals surface area contributed by atoms with Gasteiger partial charge in [-0.05, 0) is 118 Å². The maximum Gasteiger partial charge on any atom is 0.314 e. The van der Waals surface area contributed by atoms with Crippen molar-refractivity contribution in [1.82, 2.24) is 0 Å². The van der Waals surface area contributed by atoms with Gasteiger partial charge in [-0.2, -0.15) is 0 Å². The van der Waals surface area contributed by atoms with Crippen molar-refractivity contribution in [2.24, 2.45) is 39.4 Å². The Morgan fingerprint density at radius 2 is 1.46 bits per heavy atom. The zero-order chi connectivity index (χ0) is 47.4. The first-order valence-corrected chi connectivity index (χ1v) is 24.4. The number of hydrogen-bond donors (Lipinski definition) is 8. The van der Waals surface area contributed by atoms with Crippen LogP contribution in [0.2, 0.25) is 0 Å². The van der Waals surface area contributed by atoms with Crippen LogP contribution in [0.5, 0.6) is 0 Å². The number of carboxylic acid groups (broad SMARTS) is 1. The number of aliphatic hydroxyl groups is 7. The Morgan fingerprint density at radius 3 is 2.12 bits per heavy atom. The van der Waals surface area contributed by atoms with E-state index in [1.807, 2.05) is 6.92 Å². The topological polar surface area (TPSA) is 244 Å². The molecule has 0 spiro atoms. The van der Waals surface area contributed by atoms with E-state index in [4.69, 9.17) is 33.2 Å². The molecule has 7 rings (SSSR count). The fourth-order valence-electron chi connectivity index (χ4n) is 14.0.